The molecule has 64 valence electrons. The third-order valence-corrected chi connectivity index (χ3v) is 1.17. The van der Waals surface area contributed by atoms with Gasteiger partial charge in [-0.15, -0.1) is 34.8 Å². The minimum absolute atomic E-state index is 0.309. The van der Waals surface area contributed by atoms with Crippen molar-refractivity contribution in [3.8, 4) is 0 Å². The lowest BCUT2D eigenvalue weighted by atomic mass is 10.8. The van der Waals surface area contributed by atoms with Gasteiger partial charge in [0.05, 0.1) is 5.88 Å². The van der Waals surface area contributed by atoms with E-state index >= 15 is 0 Å². The molecule has 0 heterocycles. The summed E-state index contributed by atoms with van der Waals surface area (Å²) in [6, 6.07) is 0. The summed E-state index contributed by atoms with van der Waals surface area (Å²) in [5.41, 5.74) is 0. The van der Waals surface area contributed by atoms with Crippen molar-refractivity contribution in [2.45, 2.75) is 11.3 Å². The molecule has 0 aliphatic rings. The van der Waals surface area contributed by atoms with Crippen molar-refractivity contribution < 1.29 is 13.2 Å². The molecule has 0 rings (SSSR count). The van der Waals surface area contributed by atoms with Crippen molar-refractivity contribution in [2.24, 2.45) is 0 Å². The highest BCUT2D eigenvalue weighted by Crippen LogP contribution is 2.01. The first-order valence-electron chi connectivity index (χ1n) is 2.22. The minimum Gasteiger partial charge on any atom is -0.245 e. The molecule has 0 aliphatic heterocycles. The average molecular weight is 217 g/mol. The summed E-state index contributed by atoms with van der Waals surface area (Å²) >= 11 is 15.3. The Hall–Kier alpha value is 0.660. The second-order valence-corrected chi connectivity index (χ2v) is 2.68. The Labute approximate surface area is 72.2 Å². The zero-order valence-electron chi connectivity index (χ0n) is 4.84. The summed E-state index contributed by atoms with van der Waals surface area (Å²) in [6.07, 6.45) is -2.78. The van der Waals surface area contributed by atoms with Gasteiger partial charge in [-0.3, -0.25) is 0 Å². The van der Waals surface area contributed by atoms with Crippen molar-refractivity contribution in [3.63, 3.8) is 0 Å². The maximum Gasteiger partial charge on any atom is 0.266 e. The fourth-order valence-corrected chi connectivity index (χ4v) is 0. The molecule has 0 bridgehead atoms. The fourth-order valence-electron chi connectivity index (χ4n) is 0. The molecule has 0 nitrogen and oxygen atoms in total. The Morgan fingerprint density at radius 3 is 1.40 bits per heavy atom. The van der Waals surface area contributed by atoms with E-state index in [0.29, 0.717) is 5.88 Å². The maximum absolute atomic E-state index is 10.4. The number of halogens is 6. The van der Waals surface area contributed by atoms with Crippen LogP contribution >= 0.6 is 34.8 Å². The molecular formula is C4H6Cl3F3. The van der Waals surface area contributed by atoms with Gasteiger partial charge in [0.15, 0.2) is 6.67 Å². The molecule has 0 saturated carbocycles. The predicted octanol–water partition coefficient (Wildman–Crippen LogP) is 3.25. The second-order valence-electron chi connectivity index (χ2n) is 1.09. The summed E-state index contributed by atoms with van der Waals surface area (Å²) < 4.78 is 31.1. The molecule has 0 aromatic carbocycles. The van der Waals surface area contributed by atoms with Crippen molar-refractivity contribution in [1.29, 1.82) is 0 Å². The van der Waals surface area contributed by atoms with E-state index in [1.807, 2.05) is 0 Å². The SMILES string of the molecule is ClCC(Cl)Cl.FCC(F)F. The van der Waals surface area contributed by atoms with Crippen LogP contribution in [-0.4, -0.2) is 23.8 Å². The Balaban J connectivity index is 0. The van der Waals surface area contributed by atoms with E-state index in [0.717, 1.165) is 0 Å². The highest BCUT2D eigenvalue weighted by Gasteiger charge is 1.95. The average Bonchev–Trinajstić information content (AvgIpc) is 1.89. The highest BCUT2D eigenvalue weighted by molar-refractivity contribution is 6.47. The van der Waals surface area contributed by atoms with E-state index < -0.39 is 17.9 Å². The zero-order valence-corrected chi connectivity index (χ0v) is 7.10. The molecule has 10 heavy (non-hydrogen) atoms. The number of alkyl halides is 6. The van der Waals surface area contributed by atoms with E-state index in [2.05, 4.69) is 0 Å². The first-order chi connectivity index (χ1) is 4.54. The van der Waals surface area contributed by atoms with Gasteiger partial charge in [-0.25, -0.2) is 13.2 Å². The van der Waals surface area contributed by atoms with Crippen LogP contribution in [0.5, 0.6) is 0 Å². The number of rotatable bonds is 2. The van der Waals surface area contributed by atoms with Crippen LogP contribution in [0.1, 0.15) is 0 Å². The summed E-state index contributed by atoms with van der Waals surface area (Å²) in [4.78, 5) is -0.406. The number of hydrogen-bond acceptors (Lipinski definition) is 0. The Bertz CT molecular complexity index is 51.7. The smallest absolute Gasteiger partial charge is 0.245 e. The molecule has 0 N–H and O–H groups in total. The quantitative estimate of drug-likeness (QED) is 0.623. The van der Waals surface area contributed by atoms with Crippen LogP contribution in [0.4, 0.5) is 13.2 Å². The standard InChI is InChI=1S/C2H3Cl3.C2H3F3/c2*3-1-2(4)5/h2*2H,1H2. The van der Waals surface area contributed by atoms with Gasteiger partial charge in [-0.1, -0.05) is 0 Å². The third kappa shape index (κ3) is 23.4. The van der Waals surface area contributed by atoms with Crippen LogP contribution < -0.4 is 0 Å². The van der Waals surface area contributed by atoms with Gasteiger partial charge < -0.3 is 0 Å². The molecule has 0 amide bonds. The van der Waals surface area contributed by atoms with Gasteiger partial charge >= 0.3 is 0 Å². The van der Waals surface area contributed by atoms with Crippen LogP contribution in [0.25, 0.3) is 0 Å². The fraction of sp³-hybridized carbons (Fsp3) is 1.00. The number of hydrogen-bond donors (Lipinski definition) is 0. The summed E-state index contributed by atoms with van der Waals surface area (Å²) in [5, 5.41) is 0. The molecule has 0 aliphatic carbocycles. The van der Waals surface area contributed by atoms with Crippen LogP contribution in [-0.2, 0) is 0 Å². The van der Waals surface area contributed by atoms with Gasteiger partial charge in [0.1, 0.15) is 4.84 Å². The molecule has 0 unspecified atom stereocenters. The maximum atomic E-state index is 10.4. The van der Waals surface area contributed by atoms with Crippen LogP contribution in [0, 0.1) is 0 Å². The summed E-state index contributed by atoms with van der Waals surface area (Å²) in [5.74, 6) is 0.309. The second kappa shape index (κ2) is 9.66. The highest BCUT2D eigenvalue weighted by atomic mass is 35.5. The van der Waals surface area contributed by atoms with Gasteiger partial charge in [0, 0.05) is 0 Å². The van der Waals surface area contributed by atoms with Crippen LogP contribution in [0.2, 0.25) is 0 Å². The first-order valence-corrected chi connectivity index (χ1v) is 3.63. The molecule has 0 saturated heterocycles. The van der Waals surface area contributed by atoms with E-state index in [1.54, 1.807) is 0 Å². The van der Waals surface area contributed by atoms with E-state index in [-0.39, 0.29) is 0 Å². The molecule has 0 fully saturated rings. The summed E-state index contributed by atoms with van der Waals surface area (Å²) in [7, 11) is 0. The normalized spacial score (nSPS) is 9.60. The Morgan fingerprint density at radius 2 is 1.40 bits per heavy atom. The molecule has 0 aromatic heterocycles. The largest absolute Gasteiger partial charge is 0.266 e. The lowest BCUT2D eigenvalue weighted by Gasteiger charge is -1.82. The van der Waals surface area contributed by atoms with Crippen molar-refractivity contribution in [3.05, 3.63) is 0 Å². The third-order valence-electron chi connectivity index (χ3n) is 0.233. The van der Waals surface area contributed by atoms with Gasteiger partial charge in [0.25, 0.3) is 6.43 Å². The van der Waals surface area contributed by atoms with Gasteiger partial charge in [-0.05, 0) is 0 Å². The Kier molecular flexibility index (Phi) is 12.8. The molecule has 0 atom stereocenters. The van der Waals surface area contributed by atoms with Crippen molar-refractivity contribution in [2.75, 3.05) is 12.6 Å². The molecular weight excluding hydrogens is 211 g/mol. The summed E-state index contributed by atoms with van der Waals surface area (Å²) in [6.45, 7) is -1.53. The molecule has 0 aromatic rings. The van der Waals surface area contributed by atoms with Gasteiger partial charge in [-0.2, -0.15) is 0 Å². The lowest BCUT2D eigenvalue weighted by Crippen LogP contribution is -1.88. The molecule has 0 spiro atoms. The van der Waals surface area contributed by atoms with E-state index in [1.165, 1.54) is 0 Å². The van der Waals surface area contributed by atoms with Crippen molar-refractivity contribution >= 4 is 34.8 Å². The molecule has 0 radical (unpaired) electrons. The Morgan fingerprint density at radius 1 is 1.20 bits per heavy atom. The minimum atomic E-state index is -2.78. The zero-order chi connectivity index (χ0) is 8.57. The van der Waals surface area contributed by atoms with E-state index in [4.69, 9.17) is 34.8 Å². The van der Waals surface area contributed by atoms with Crippen LogP contribution in [0.15, 0.2) is 0 Å². The monoisotopic (exact) mass is 216 g/mol. The lowest BCUT2D eigenvalue weighted by molar-refractivity contribution is 0.113. The van der Waals surface area contributed by atoms with E-state index in [9.17, 15) is 13.2 Å². The molecule has 6 heteroatoms. The first kappa shape index (κ1) is 13.3. The van der Waals surface area contributed by atoms with Gasteiger partial charge in [0.2, 0.25) is 0 Å². The topological polar surface area (TPSA) is 0 Å². The van der Waals surface area contributed by atoms with Crippen molar-refractivity contribution in [1.82, 2.24) is 0 Å². The van der Waals surface area contributed by atoms with Crippen LogP contribution in [0.3, 0.4) is 0 Å². The predicted molar refractivity (Wildman–Crippen MR) is 38.2 cm³/mol.